The molecule has 0 aromatic carbocycles. The fourth-order valence-corrected chi connectivity index (χ4v) is 3.00. The molecule has 1 unspecified atom stereocenters. The van der Waals surface area contributed by atoms with Gasteiger partial charge in [0.05, 0.1) is 19.5 Å². The summed E-state index contributed by atoms with van der Waals surface area (Å²) in [5, 5.41) is 17.2. The number of hydrogen-bond donors (Lipinski definition) is 5. The molecule has 8 nitrogen and oxygen atoms in total. The minimum Gasteiger partial charge on any atom is -0.499 e. The SMILES string of the molecule is CCCCCCCCCCCCCC/C=C\OCC(O)COP(=O)(O)O.NCCO. The standard InChI is InChI=1S/C19H39O6P.C2H7NO/c1-2-3-4-5-6-7-8-9-10-11-12-13-14-15-16-24-17-19(20)18-25-26(21,22)23;3-1-2-4/h15-16,19-20H,2-14,17-18H2,1H3,(H2,21,22,23);4H,1-3H2/b16-15-;. The summed E-state index contributed by atoms with van der Waals surface area (Å²) in [6, 6.07) is 0. The van der Waals surface area contributed by atoms with Crippen LogP contribution in [0.15, 0.2) is 12.3 Å². The molecule has 0 rings (SSSR count). The van der Waals surface area contributed by atoms with Crippen LogP contribution in [0.2, 0.25) is 0 Å². The molecule has 30 heavy (non-hydrogen) atoms. The van der Waals surface area contributed by atoms with Gasteiger partial charge in [0.2, 0.25) is 0 Å². The Morgan fingerprint density at radius 3 is 1.80 bits per heavy atom. The van der Waals surface area contributed by atoms with E-state index in [-0.39, 0.29) is 13.2 Å². The van der Waals surface area contributed by atoms with Crippen LogP contribution in [0.5, 0.6) is 0 Å². The first-order valence-electron chi connectivity index (χ1n) is 11.3. The van der Waals surface area contributed by atoms with Gasteiger partial charge in [-0.2, -0.15) is 0 Å². The zero-order valence-corrected chi connectivity index (χ0v) is 19.7. The third-order valence-electron chi connectivity index (χ3n) is 4.27. The average Bonchev–Trinajstić information content (AvgIpc) is 2.71. The van der Waals surface area contributed by atoms with Crippen molar-refractivity contribution in [3.05, 3.63) is 12.3 Å². The first-order chi connectivity index (χ1) is 14.4. The predicted molar refractivity (Wildman–Crippen MR) is 121 cm³/mol. The van der Waals surface area contributed by atoms with Crippen LogP contribution in [0.25, 0.3) is 0 Å². The van der Waals surface area contributed by atoms with Gasteiger partial charge in [-0.3, -0.25) is 4.52 Å². The largest absolute Gasteiger partial charge is 0.499 e. The summed E-state index contributed by atoms with van der Waals surface area (Å²) in [4.78, 5) is 17.0. The predicted octanol–water partition coefficient (Wildman–Crippen LogP) is 4.02. The Bertz CT molecular complexity index is 403. The van der Waals surface area contributed by atoms with Gasteiger partial charge in [-0.1, -0.05) is 77.6 Å². The molecule has 0 aromatic heterocycles. The molecule has 0 bridgehead atoms. The van der Waals surface area contributed by atoms with Crippen LogP contribution in [0, 0.1) is 0 Å². The Kier molecular flexibility index (Phi) is 26.2. The number of aliphatic hydroxyl groups excluding tert-OH is 2. The molecule has 0 saturated carbocycles. The minimum absolute atomic E-state index is 0.0467. The maximum atomic E-state index is 10.5. The highest BCUT2D eigenvalue weighted by Crippen LogP contribution is 2.35. The van der Waals surface area contributed by atoms with Gasteiger partial charge in [-0.05, 0) is 18.9 Å². The molecule has 182 valence electrons. The Balaban J connectivity index is 0. The van der Waals surface area contributed by atoms with Crippen molar-refractivity contribution in [1.82, 2.24) is 0 Å². The van der Waals surface area contributed by atoms with Gasteiger partial charge >= 0.3 is 7.82 Å². The lowest BCUT2D eigenvalue weighted by atomic mass is 10.0. The third-order valence-corrected chi connectivity index (χ3v) is 4.76. The second kappa shape index (κ2) is 24.8. The van der Waals surface area contributed by atoms with E-state index in [9.17, 15) is 9.67 Å². The van der Waals surface area contributed by atoms with Crippen molar-refractivity contribution in [2.75, 3.05) is 26.4 Å². The normalized spacial score (nSPS) is 12.6. The number of hydrogen-bond acceptors (Lipinski definition) is 6. The zero-order valence-electron chi connectivity index (χ0n) is 18.8. The second-order valence-corrected chi connectivity index (χ2v) is 8.57. The van der Waals surface area contributed by atoms with Gasteiger partial charge in [0.1, 0.15) is 12.7 Å². The van der Waals surface area contributed by atoms with E-state index >= 15 is 0 Å². The van der Waals surface area contributed by atoms with Gasteiger partial charge in [0, 0.05) is 6.54 Å². The first kappa shape index (κ1) is 31.7. The van der Waals surface area contributed by atoms with Gasteiger partial charge < -0.3 is 30.5 Å². The van der Waals surface area contributed by atoms with Crippen LogP contribution in [0.1, 0.15) is 90.4 Å². The summed E-state index contributed by atoms with van der Waals surface area (Å²) >= 11 is 0. The summed E-state index contributed by atoms with van der Waals surface area (Å²) in [5.74, 6) is 0. The summed E-state index contributed by atoms with van der Waals surface area (Å²) in [6.45, 7) is 2.23. The monoisotopic (exact) mass is 455 g/mol. The van der Waals surface area contributed by atoms with Crippen LogP contribution in [-0.4, -0.2) is 52.5 Å². The molecule has 6 N–H and O–H groups in total. The zero-order chi connectivity index (χ0) is 22.9. The van der Waals surface area contributed by atoms with Gasteiger partial charge in [0.25, 0.3) is 0 Å². The van der Waals surface area contributed by atoms with Crippen LogP contribution < -0.4 is 5.73 Å². The Labute approximate surface area is 183 Å². The van der Waals surface area contributed by atoms with Gasteiger partial charge in [0.15, 0.2) is 0 Å². The lowest BCUT2D eigenvalue weighted by Crippen LogP contribution is -2.19. The van der Waals surface area contributed by atoms with Crippen LogP contribution in [-0.2, 0) is 13.8 Å². The lowest BCUT2D eigenvalue weighted by molar-refractivity contribution is 0.0357. The van der Waals surface area contributed by atoms with Crippen molar-refractivity contribution in [1.29, 1.82) is 0 Å². The molecule has 0 aliphatic carbocycles. The summed E-state index contributed by atoms with van der Waals surface area (Å²) in [6.07, 6.45) is 19.3. The molecule has 0 aromatic rings. The number of allylic oxidation sites excluding steroid dienone is 1. The molecular formula is C21H46NO7P. The highest BCUT2D eigenvalue weighted by Gasteiger charge is 2.16. The van der Waals surface area contributed by atoms with E-state index in [2.05, 4.69) is 11.4 Å². The number of phosphoric acid groups is 1. The van der Waals surface area contributed by atoms with Crippen molar-refractivity contribution in [3.8, 4) is 0 Å². The molecule has 0 aliphatic rings. The second-order valence-electron chi connectivity index (χ2n) is 7.34. The van der Waals surface area contributed by atoms with E-state index in [0.29, 0.717) is 6.54 Å². The maximum absolute atomic E-state index is 10.5. The first-order valence-corrected chi connectivity index (χ1v) is 12.9. The van der Waals surface area contributed by atoms with Crippen LogP contribution in [0.4, 0.5) is 0 Å². The number of aliphatic hydroxyl groups is 2. The molecule has 0 radical (unpaired) electrons. The smallest absolute Gasteiger partial charge is 0.469 e. The Morgan fingerprint density at radius 1 is 0.900 bits per heavy atom. The Hall–Kier alpha value is -0.470. The quantitative estimate of drug-likeness (QED) is 0.105. The van der Waals surface area contributed by atoms with E-state index in [1.54, 1.807) is 0 Å². The van der Waals surface area contributed by atoms with E-state index in [0.717, 1.165) is 12.8 Å². The minimum atomic E-state index is -4.53. The van der Waals surface area contributed by atoms with E-state index in [1.807, 2.05) is 6.08 Å². The molecule has 0 aliphatic heterocycles. The van der Waals surface area contributed by atoms with E-state index in [4.69, 9.17) is 25.4 Å². The van der Waals surface area contributed by atoms with E-state index in [1.165, 1.54) is 76.9 Å². The van der Waals surface area contributed by atoms with Gasteiger partial charge in [-0.15, -0.1) is 0 Å². The molecular weight excluding hydrogens is 409 g/mol. The molecule has 0 fully saturated rings. The van der Waals surface area contributed by atoms with Crippen molar-refractivity contribution in [2.45, 2.75) is 96.5 Å². The molecule has 0 amide bonds. The number of nitrogens with two attached hydrogens (primary N) is 1. The molecule has 0 saturated heterocycles. The summed E-state index contributed by atoms with van der Waals surface area (Å²) < 4.78 is 19.8. The average molecular weight is 456 g/mol. The number of rotatable bonds is 20. The Morgan fingerprint density at radius 2 is 1.37 bits per heavy atom. The van der Waals surface area contributed by atoms with Crippen LogP contribution >= 0.6 is 7.82 Å². The molecule has 9 heteroatoms. The lowest BCUT2D eigenvalue weighted by Gasteiger charge is -2.10. The topological polar surface area (TPSA) is 142 Å². The fraction of sp³-hybridized carbons (Fsp3) is 0.905. The highest BCUT2D eigenvalue weighted by atomic mass is 31.2. The number of ether oxygens (including phenoxy) is 1. The van der Waals surface area contributed by atoms with E-state index < -0.39 is 20.5 Å². The third kappa shape index (κ3) is 32.2. The van der Waals surface area contributed by atoms with Crippen molar-refractivity contribution in [2.24, 2.45) is 5.73 Å². The van der Waals surface area contributed by atoms with Gasteiger partial charge in [-0.25, -0.2) is 4.57 Å². The summed E-state index contributed by atoms with van der Waals surface area (Å²) in [7, 11) is -4.53. The van der Waals surface area contributed by atoms with Crippen molar-refractivity contribution in [3.63, 3.8) is 0 Å². The fourth-order valence-electron chi connectivity index (χ4n) is 2.64. The summed E-state index contributed by atoms with van der Waals surface area (Å²) in [5.41, 5.74) is 4.78. The van der Waals surface area contributed by atoms with Crippen molar-refractivity contribution >= 4 is 7.82 Å². The number of unbranched alkanes of at least 4 members (excludes halogenated alkanes) is 12. The number of phosphoric ester groups is 1. The molecule has 0 spiro atoms. The van der Waals surface area contributed by atoms with Crippen LogP contribution in [0.3, 0.4) is 0 Å². The molecule has 0 heterocycles. The van der Waals surface area contributed by atoms with Crippen molar-refractivity contribution < 1.29 is 33.8 Å². The maximum Gasteiger partial charge on any atom is 0.469 e. The highest BCUT2D eigenvalue weighted by molar-refractivity contribution is 7.46. The molecule has 1 atom stereocenters.